The van der Waals surface area contributed by atoms with Gasteiger partial charge in [-0.25, -0.2) is 0 Å². The van der Waals surface area contributed by atoms with Gasteiger partial charge in [-0.15, -0.1) is 0 Å². The molecule has 0 N–H and O–H groups in total. The Labute approximate surface area is 144 Å². The molecule has 3 aromatic carbocycles. The summed E-state index contributed by atoms with van der Waals surface area (Å²) in [4.78, 5) is 14.4. The van der Waals surface area contributed by atoms with Crippen molar-refractivity contribution in [2.24, 2.45) is 0 Å². The van der Waals surface area contributed by atoms with E-state index in [2.05, 4.69) is 34.1 Å². The Bertz CT molecular complexity index is 838. The second-order valence-corrected chi connectivity index (χ2v) is 6.51. The van der Waals surface area contributed by atoms with Crippen LogP contribution in [0.3, 0.4) is 0 Å². The lowest BCUT2D eigenvalue weighted by molar-refractivity contribution is -0.129. The summed E-state index contributed by atoms with van der Waals surface area (Å²) in [5.74, 6) is 0.122. The van der Waals surface area contributed by atoms with Crippen molar-refractivity contribution in [3.63, 3.8) is 0 Å². The molecule has 116 valence electrons. The Morgan fingerprint density at radius 1 is 0.913 bits per heavy atom. The number of amides is 1. The van der Waals surface area contributed by atoms with Crippen molar-refractivity contribution in [1.29, 1.82) is 0 Å². The van der Waals surface area contributed by atoms with Crippen LogP contribution in [0, 0.1) is 0 Å². The monoisotopic (exact) mass is 367 g/mol. The van der Waals surface area contributed by atoms with Gasteiger partial charge in [-0.05, 0) is 28.0 Å². The molecule has 1 amide bonds. The summed E-state index contributed by atoms with van der Waals surface area (Å²) in [5.41, 5.74) is 2.19. The first-order chi connectivity index (χ1) is 11.1. The van der Waals surface area contributed by atoms with Crippen molar-refractivity contribution in [3.8, 4) is 0 Å². The number of fused-ring (bicyclic) bond motifs is 1. The molecule has 0 heterocycles. The lowest BCUT2D eigenvalue weighted by atomic mass is 10.0. The van der Waals surface area contributed by atoms with Crippen LogP contribution in [-0.2, 0) is 17.8 Å². The van der Waals surface area contributed by atoms with Crippen LogP contribution in [0.5, 0.6) is 0 Å². The molecule has 0 aliphatic carbocycles. The second-order valence-electron chi connectivity index (χ2n) is 5.66. The molecule has 3 heteroatoms. The summed E-state index contributed by atoms with van der Waals surface area (Å²) in [6.07, 6.45) is 0.419. The zero-order valence-corrected chi connectivity index (χ0v) is 14.6. The first-order valence-electron chi connectivity index (χ1n) is 7.59. The molecule has 0 atom stereocenters. The third kappa shape index (κ3) is 3.62. The highest BCUT2D eigenvalue weighted by Gasteiger charge is 2.13. The largest absolute Gasteiger partial charge is 0.341 e. The molecule has 0 aromatic heterocycles. The van der Waals surface area contributed by atoms with Crippen molar-refractivity contribution < 1.29 is 4.79 Å². The Balaban J connectivity index is 1.77. The van der Waals surface area contributed by atoms with Gasteiger partial charge in [0.2, 0.25) is 5.91 Å². The minimum Gasteiger partial charge on any atom is -0.341 e. The molecule has 0 aliphatic heterocycles. The maximum absolute atomic E-state index is 12.6. The number of benzene rings is 3. The molecule has 0 fully saturated rings. The van der Waals surface area contributed by atoms with Gasteiger partial charge < -0.3 is 4.90 Å². The molecule has 2 nitrogen and oxygen atoms in total. The molecule has 0 unspecified atom stereocenters. The van der Waals surface area contributed by atoms with E-state index in [4.69, 9.17) is 0 Å². The number of hydrogen-bond acceptors (Lipinski definition) is 1. The SMILES string of the molecule is CN(Cc1ccccc1Br)C(=O)Cc1cccc2ccccc12. The van der Waals surface area contributed by atoms with Crippen LogP contribution in [0.15, 0.2) is 71.2 Å². The van der Waals surface area contributed by atoms with Gasteiger partial charge in [0.25, 0.3) is 0 Å². The van der Waals surface area contributed by atoms with E-state index >= 15 is 0 Å². The number of likely N-dealkylation sites (N-methyl/N-ethyl adjacent to an activating group) is 1. The highest BCUT2D eigenvalue weighted by Crippen LogP contribution is 2.21. The summed E-state index contributed by atoms with van der Waals surface area (Å²) < 4.78 is 1.03. The van der Waals surface area contributed by atoms with Gasteiger partial charge in [0.05, 0.1) is 6.42 Å². The Hall–Kier alpha value is -2.13. The molecule has 0 radical (unpaired) electrons. The molecule has 23 heavy (non-hydrogen) atoms. The van der Waals surface area contributed by atoms with Crippen LogP contribution < -0.4 is 0 Å². The van der Waals surface area contributed by atoms with E-state index in [-0.39, 0.29) is 5.91 Å². The van der Waals surface area contributed by atoms with Crippen LogP contribution in [0.4, 0.5) is 0 Å². The number of carbonyl (C=O) groups excluding carboxylic acids is 1. The fraction of sp³-hybridized carbons (Fsp3) is 0.150. The van der Waals surface area contributed by atoms with E-state index in [1.165, 1.54) is 5.39 Å². The molecule has 0 aliphatic rings. The van der Waals surface area contributed by atoms with Crippen molar-refractivity contribution in [2.75, 3.05) is 7.05 Å². The van der Waals surface area contributed by atoms with E-state index in [9.17, 15) is 4.79 Å². The smallest absolute Gasteiger partial charge is 0.227 e. The summed E-state index contributed by atoms with van der Waals surface area (Å²) in [6.45, 7) is 0.602. The van der Waals surface area contributed by atoms with Crippen molar-refractivity contribution in [2.45, 2.75) is 13.0 Å². The van der Waals surface area contributed by atoms with E-state index < -0.39 is 0 Å². The third-order valence-corrected chi connectivity index (χ3v) is 4.79. The molecule has 0 spiro atoms. The van der Waals surface area contributed by atoms with Crippen LogP contribution in [0.2, 0.25) is 0 Å². The van der Waals surface area contributed by atoms with E-state index in [1.807, 2.05) is 55.6 Å². The first kappa shape index (κ1) is 15.8. The maximum Gasteiger partial charge on any atom is 0.227 e. The number of rotatable bonds is 4. The Morgan fingerprint density at radius 3 is 2.39 bits per heavy atom. The topological polar surface area (TPSA) is 20.3 Å². The van der Waals surface area contributed by atoms with Gasteiger partial charge in [0.15, 0.2) is 0 Å². The molecule has 3 aromatic rings. The van der Waals surface area contributed by atoms with Gasteiger partial charge in [0, 0.05) is 18.1 Å². The van der Waals surface area contributed by atoms with Crippen molar-refractivity contribution in [1.82, 2.24) is 4.90 Å². The summed E-state index contributed by atoms with van der Waals surface area (Å²) >= 11 is 3.54. The fourth-order valence-electron chi connectivity index (χ4n) is 2.71. The average molecular weight is 368 g/mol. The molecule has 0 bridgehead atoms. The van der Waals surface area contributed by atoms with Crippen molar-refractivity contribution in [3.05, 3.63) is 82.3 Å². The normalized spacial score (nSPS) is 10.7. The highest BCUT2D eigenvalue weighted by atomic mass is 79.9. The molecular formula is C20H18BrNO. The number of halogens is 1. The zero-order chi connectivity index (χ0) is 16.2. The molecular weight excluding hydrogens is 350 g/mol. The van der Waals surface area contributed by atoms with Crippen LogP contribution >= 0.6 is 15.9 Å². The van der Waals surface area contributed by atoms with Gasteiger partial charge in [0.1, 0.15) is 0 Å². The standard InChI is InChI=1S/C20H18BrNO/c1-22(14-17-8-3-5-12-19(17)21)20(23)13-16-10-6-9-15-7-2-4-11-18(15)16/h2-12H,13-14H2,1H3. The Morgan fingerprint density at radius 2 is 1.57 bits per heavy atom. The average Bonchev–Trinajstić information content (AvgIpc) is 2.57. The third-order valence-electron chi connectivity index (χ3n) is 4.01. The predicted molar refractivity (Wildman–Crippen MR) is 98.3 cm³/mol. The maximum atomic E-state index is 12.6. The summed E-state index contributed by atoms with van der Waals surface area (Å²) in [6, 6.07) is 22.3. The molecule has 0 saturated carbocycles. The first-order valence-corrected chi connectivity index (χ1v) is 8.38. The van der Waals surface area contributed by atoms with Crippen molar-refractivity contribution >= 4 is 32.6 Å². The van der Waals surface area contributed by atoms with Gasteiger partial charge >= 0.3 is 0 Å². The number of nitrogens with zero attached hydrogens (tertiary/aromatic N) is 1. The summed E-state index contributed by atoms with van der Waals surface area (Å²) in [7, 11) is 1.85. The van der Waals surface area contributed by atoms with Gasteiger partial charge in [-0.1, -0.05) is 76.6 Å². The zero-order valence-electron chi connectivity index (χ0n) is 13.0. The van der Waals surface area contributed by atoms with Gasteiger partial charge in [-0.3, -0.25) is 4.79 Å². The van der Waals surface area contributed by atoms with E-state index in [1.54, 1.807) is 4.90 Å². The lowest BCUT2D eigenvalue weighted by Crippen LogP contribution is -2.27. The van der Waals surface area contributed by atoms with Crippen LogP contribution in [0.1, 0.15) is 11.1 Å². The number of carbonyl (C=O) groups is 1. The number of hydrogen-bond donors (Lipinski definition) is 0. The van der Waals surface area contributed by atoms with E-state index in [0.29, 0.717) is 13.0 Å². The quantitative estimate of drug-likeness (QED) is 0.648. The predicted octanol–water partition coefficient (Wildman–Crippen LogP) is 4.80. The summed E-state index contributed by atoms with van der Waals surface area (Å²) in [5, 5.41) is 2.32. The Kier molecular flexibility index (Phi) is 4.77. The van der Waals surface area contributed by atoms with E-state index in [0.717, 1.165) is 21.0 Å². The second kappa shape index (κ2) is 6.97. The fourth-order valence-corrected chi connectivity index (χ4v) is 3.13. The minimum atomic E-state index is 0.122. The molecule has 3 rings (SSSR count). The lowest BCUT2D eigenvalue weighted by Gasteiger charge is -2.18. The van der Waals surface area contributed by atoms with Crippen LogP contribution in [0.25, 0.3) is 10.8 Å². The highest BCUT2D eigenvalue weighted by molar-refractivity contribution is 9.10. The molecule has 0 saturated heterocycles. The minimum absolute atomic E-state index is 0.122. The van der Waals surface area contributed by atoms with Crippen LogP contribution in [-0.4, -0.2) is 17.9 Å². The van der Waals surface area contributed by atoms with Gasteiger partial charge in [-0.2, -0.15) is 0 Å².